The quantitative estimate of drug-likeness (QED) is 0.668. The average molecular weight is 224 g/mol. The minimum Gasteiger partial charge on any atom is -0.444 e. The molecule has 3 aromatic rings. The minimum atomic E-state index is 0.657. The predicted molar refractivity (Wildman–Crippen MR) is 66.3 cm³/mol. The molecule has 2 aromatic heterocycles. The number of benzene rings is 1. The van der Waals surface area contributed by atoms with Crippen molar-refractivity contribution >= 4 is 0 Å². The van der Waals surface area contributed by atoms with E-state index in [1.54, 1.807) is 12.5 Å². The van der Waals surface area contributed by atoms with Crippen molar-refractivity contribution in [2.24, 2.45) is 7.05 Å². The lowest BCUT2D eigenvalue weighted by Crippen LogP contribution is -1.91. The molecule has 0 bridgehead atoms. The molecule has 1 aromatic carbocycles. The van der Waals surface area contributed by atoms with Crippen LogP contribution in [0.25, 0.3) is 22.7 Å². The molecule has 84 valence electrons. The molecule has 3 nitrogen and oxygen atoms in total. The molecular formula is C14H12N2O. The van der Waals surface area contributed by atoms with E-state index in [1.165, 1.54) is 0 Å². The number of aromatic nitrogens is 2. The third-order valence-electron chi connectivity index (χ3n) is 2.78. The van der Waals surface area contributed by atoms with E-state index in [4.69, 9.17) is 4.42 Å². The highest BCUT2D eigenvalue weighted by molar-refractivity contribution is 5.77. The standard InChI is InChI=1S/C14H12N2O/c1-16-9-7-12(14-15-8-10-17-14)13(16)11-5-3-2-4-6-11/h2-10H,1H3. The van der Waals surface area contributed by atoms with Crippen molar-refractivity contribution in [1.29, 1.82) is 0 Å². The van der Waals surface area contributed by atoms with Gasteiger partial charge in [-0.3, -0.25) is 0 Å². The first-order chi connectivity index (χ1) is 8.36. The number of hydrogen-bond acceptors (Lipinski definition) is 2. The van der Waals surface area contributed by atoms with Gasteiger partial charge in [-0.2, -0.15) is 0 Å². The van der Waals surface area contributed by atoms with E-state index in [1.807, 2.05) is 37.5 Å². The second-order valence-corrected chi connectivity index (χ2v) is 3.89. The summed E-state index contributed by atoms with van der Waals surface area (Å²) in [5.74, 6) is 0.657. The van der Waals surface area contributed by atoms with Crippen LogP contribution in [0.1, 0.15) is 0 Å². The van der Waals surface area contributed by atoms with Crippen molar-refractivity contribution in [3.8, 4) is 22.7 Å². The maximum Gasteiger partial charge on any atom is 0.228 e. The van der Waals surface area contributed by atoms with Gasteiger partial charge in [0.25, 0.3) is 0 Å². The summed E-state index contributed by atoms with van der Waals surface area (Å²) in [6, 6.07) is 12.3. The predicted octanol–water partition coefficient (Wildman–Crippen LogP) is 3.35. The van der Waals surface area contributed by atoms with Crippen LogP contribution >= 0.6 is 0 Å². The van der Waals surface area contributed by atoms with Crippen molar-refractivity contribution in [3.05, 3.63) is 55.1 Å². The van der Waals surface area contributed by atoms with E-state index in [0.717, 1.165) is 16.8 Å². The number of nitrogens with zero attached hydrogens (tertiary/aromatic N) is 2. The van der Waals surface area contributed by atoms with Crippen LogP contribution in [0.3, 0.4) is 0 Å². The molecule has 0 spiro atoms. The van der Waals surface area contributed by atoms with Crippen LogP contribution in [0.4, 0.5) is 0 Å². The van der Waals surface area contributed by atoms with Crippen LogP contribution in [-0.4, -0.2) is 9.55 Å². The van der Waals surface area contributed by atoms with E-state index in [0.29, 0.717) is 5.89 Å². The lowest BCUT2D eigenvalue weighted by atomic mass is 10.1. The maximum absolute atomic E-state index is 5.37. The smallest absolute Gasteiger partial charge is 0.228 e. The van der Waals surface area contributed by atoms with Crippen molar-refractivity contribution in [2.75, 3.05) is 0 Å². The number of hydrogen-bond donors (Lipinski definition) is 0. The molecule has 0 N–H and O–H groups in total. The second kappa shape index (κ2) is 3.94. The molecule has 0 radical (unpaired) electrons. The summed E-state index contributed by atoms with van der Waals surface area (Å²) in [6.45, 7) is 0. The summed E-state index contributed by atoms with van der Waals surface area (Å²) in [6.07, 6.45) is 5.27. The summed E-state index contributed by atoms with van der Waals surface area (Å²) in [5.41, 5.74) is 3.30. The zero-order valence-electron chi connectivity index (χ0n) is 9.50. The highest BCUT2D eigenvalue weighted by Crippen LogP contribution is 2.31. The molecule has 2 heterocycles. The Hall–Kier alpha value is -2.29. The second-order valence-electron chi connectivity index (χ2n) is 3.89. The molecule has 0 unspecified atom stereocenters. The first-order valence-electron chi connectivity index (χ1n) is 5.47. The topological polar surface area (TPSA) is 31.0 Å². The molecule has 3 heteroatoms. The lowest BCUT2D eigenvalue weighted by Gasteiger charge is -2.05. The first-order valence-corrected chi connectivity index (χ1v) is 5.47. The molecule has 0 aliphatic heterocycles. The van der Waals surface area contributed by atoms with Gasteiger partial charge in [-0.05, 0) is 11.6 Å². The molecule has 0 atom stereocenters. The summed E-state index contributed by atoms with van der Waals surface area (Å²) < 4.78 is 7.45. The Kier molecular flexibility index (Phi) is 2.29. The molecule has 0 fully saturated rings. The van der Waals surface area contributed by atoms with Crippen molar-refractivity contribution in [3.63, 3.8) is 0 Å². The van der Waals surface area contributed by atoms with E-state index >= 15 is 0 Å². The van der Waals surface area contributed by atoms with Crippen molar-refractivity contribution in [2.45, 2.75) is 0 Å². The largest absolute Gasteiger partial charge is 0.444 e. The number of oxazole rings is 1. The Bertz CT molecular complexity index is 609. The van der Waals surface area contributed by atoms with Gasteiger partial charge in [0.15, 0.2) is 0 Å². The number of rotatable bonds is 2. The minimum absolute atomic E-state index is 0.657. The van der Waals surface area contributed by atoms with Gasteiger partial charge in [-0.25, -0.2) is 4.98 Å². The van der Waals surface area contributed by atoms with Gasteiger partial charge < -0.3 is 8.98 Å². The van der Waals surface area contributed by atoms with E-state index in [-0.39, 0.29) is 0 Å². The van der Waals surface area contributed by atoms with Crippen molar-refractivity contribution in [1.82, 2.24) is 9.55 Å². The first kappa shape index (κ1) is 9.90. The fraction of sp³-hybridized carbons (Fsp3) is 0.0714. The highest BCUT2D eigenvalue weighted by Gasteiger charge is 2.13. The SMILES string of the molecule is Cn1ccc(-c2ncco2)c1-c1ccccc1. The Balaban J connectivity index is 2.20. The van der Waals surface area contributed by atoms with Crippen LogP contribution in [-0.2, 0) is 7.05 Å². The monoisotopic (exact) mass is 224 g/mol. The highest BCUT2D eigenvalue weighted by atomic mass is 16.3. The van der Waals surface area contributed by atoms with E-state index < -0.39 is 0 Å². The Morgan fingerprint density at radius 3 is 2.65 bits per heavy atom. The zero-order chi connectivity index (χ0) is 11.7. The van der Waals surface area contributed by atoms with Gasteiger partial charge in [0, 0.05) is 13.2 Å². The van der Waals surface area contributed by atoms with Gasteiger partial charge in [0.1, 0.15) is 6.26 Å². The summed E-state index contributed by atoms with van der Waals surface area (Å²) >= 11 is 0. The number of aryl methyl sites for hydroxylation is 1. The third kappa shape index (κ3) is 1.65. The molecule has 17 heavy (non-hydrogen) atoms. The summed E-state index contributed by atoms with van der Waals surface area (Å²) in [4.78, 5) is 4.21. The molecule has 0 aliphatic rings. The van der Waals surface area contributed by atoms with Gasteiger partial charge >= 0.3 is 0 Å². The van der Waals surface area contributed by atoms with Gasteiger partial charge in [-0.1, -0.05) is 30.3 Å². The summed E-state index contributed by atoms with van der Waals surface area (Å²) in [7, 11) is 2.02. The van der Waals surface area contributed by atoms with Crippen LogP contribution in [0, 0.1) is 0 Å². The molecule has 0 aliphatic carbocycles. The Morgan fingerprint density at radius 1 is 1.12 bits per heavy atom. The molecule has 3 rings (SSSR count). The van der Waals surface area contributed by atoms with Crippen molar-refractivity contribution < 1.29 is 4.42 Å². The Labute approximate surface area is 99.3 Å². The third-order valence-corrected chi connectivity index (χ3v) is 2.78. The van der Waals surface area contributed by atoms with E-state index in [2.05, 4.69) is 21.7 Å². The Morgan fingerprint density at radius 2 is 1.94 bits per heavy atom. The molecule has 0 saturated carbocycles. The molecule has 0 amide bonds. The zero-order valence-corrected chi connectivity index (χ0v) is 9.50. The molecule has 0 saturated heterocycles. The molecular weight excluding hydrogens is 212 g/mol. The van der Waals surface area contributed by atoms with Crippen LogP contribution in [0.15, 0.2) is 59.5 Å². The van der Waals surface area contributed by atoms with Gasteiger partial charge in [0.05, 0.1) is 17.5 Å². The van der Waals surface area contributed by atoms with Crippen LogP contribution in [0.2, 0.25) is 0 Å². The lowest BCUT2D eigenvalue weighted by molar-refractivity contribution is 0.574. The summed E-state index contributed by atoms with van der Waals surface area (Å²) in [5, 5.41) is 0. The van der Waals surface area contributed by atoms with Crippen LogP contribution in [0.5, 0.6) is 0 Å². The van der Waals surface area contributed by atoms with Gasteiger partial charge in [0.2, 0.25) is 5.89 Å². The fourth-order valence-corrected chi connectivity index (χ4v) is 2.01. The fourth-order valence-electron chi connectivity index (χ4n) is 2.01. The maximum atomic E-state index is 5.37. The van der Waals surface area contributed by atoms with Crippen LogP contribution < -0.4 is 0 Å². The normalized spacial score (nSPS) is 10.6. The average Bonchev–Trinajstić information content (AvgIpc) is 2.98. The van der Waals surface area contributed by atoms with E-state index in [9.17, 15) is 0 Å². The van der Waals surface area contributed by atoms with Gasteiger partial charge in [-0.15, -0.1) is 0 Å².